The van der Waals surface area contributed by atoms with Gasteiger partial charge in [-0.15, -0.1) is 12.4 Å². The van der Waals surface area contributed by atoms with Gasteiger partial charge in [0.15, 0.2) is 5.76 Å². The highest BCUT2D eigenvalue weighted by molar-refractivity contribution is 7.89. The van der Waals surface area contributed by atoms with Crippen LogP contribution in [0, 0.1) is 5.92 Å². The lowest BCUT2D eigenvalue weighted by molar-refractivity contribution is 0.0895. The third kappa shape index (κ3) is 3.72. The van der Waals surface area contributed by atoms with Gasteiger partial charge in [-0.05, 0) is 37.4 Å². The highest BCUT2D eigenvalue weighted by Gasteiger charge is 2.28. The molecular formula is C11H18ClN3O4S. The van der Waals surface area contributed by atoms with Gasteiger partial charge in [-0.25, -0.2) is 13.6 Å². The third-order valence-electron chi connectivity index (χ3n) is 3.36. The van der Waals surface area contributed by atoms with Crippen LogP contribution in [0.2, 0.25) is 0 Å². The molecular weight excluding hydrogens is 306 g/mol. The lowest BCUT2D eigenvalue weighted by atomic mass is 10.0. The van der Waals surface area contributed by atoms with Gasteiger partial charge in [0.1, 0.15) is 0 Å². The Morgan fingerprint density at radius 2 is 2.10 bits per heavy atom. The van der Waals surface area contributed by atoms with Crippen molar-refractivity contribution in [1.82, 2.24) is 5.32 Å². The number of nitrogens with one attached hydrogen (secondary N) is 1. The molecule has 20 heavy (non-hydrogen) atoms. The molecule has 2 atom stereocenters. The first kappa shape index (κ1) is 17.0. The first-order valence-corrected chi connectivity index (χ1v) is 7.60. The number of rotatable bonds is 4. The van der Waals surface area contributed by atoms with E-state index in [2.05, 4.69) is 5.32 Å². The van der Waals surface area contributed by atoms with Crippen LogP contribution in [0.3, 0.4) is 0 Å². The molecule has 5 N–H and O–H groups in total. The number of carbonyl (C=O) groups is 1. The number of hydrogen-bond acceptors (Lipinski definition) is 5. The summed E-state index contributed by atoms with van der Waals surface area (Å²) in [5.74, 6) is -0.247. The lowest BCUT2D eigenvalue weighted by Gasteiger charge is -2.18. The van der Waals surface area contributed by atoms with Gasteiger partial charge in [-0.1, -0.05) is 6.42 Å². The van der Waals surface area contributed by atoms with Crippen molar-refractivity contribution in [2.75, 3.05) is 6.54 Å². The Labute approximate surface area is 123 Å². The van der Waals surface area contributed by atoms with Crippen molar-refractivity contribution in [3.05, 3.63) is 17.9 Å². The minimum absolute atomic E-state index is 0. The van der Waals surface area contributed by atoms with E-state index in [0.29, 0.717) is 6.54 Å². The van der Waals surface area contributed by atoms with Gasteiger partial charge in [0.05, 0.1) is 0 Å². The molecule has 114 valence electrons. The number of primary sulfonamides is 1. The summed E-state index contributed by atoms with van der Waals surface area (Å²) in [6.07, 6.45) is 2.88. The maximum Gasteiger partial charge on any atom is 0.287 e. The molecule has 1 aromatic rings. The van der Waals surface area contributed by atoms with E-state index in [1.54, 1.807) is 0 Å². The van der Waals surface area contributed by atoms with E-state index < -0.39 is 21.0 Å². The van der Waals surface area contributed by atoms with Crippen molar-refractivity contribution in [3.8, 4) is 0 Å². The molecule has 1 aromatic heterocycles. The maximum absolute atomic E-state index is 11.9. The summed E-state index contributed by atoms with van der Waals surface area (Å²) >= 11 is 0. The van der Waals surface area contributed by atoms with Crippen LogP contribution in [0.5, 0.6) is 0 Å². The number of nitrogens with two attached hydrogens (primary N) is 2. The summed E-state index contributed by atoms with van der Waals surface area (Å²) in [6.45, 7) is 0.519. The Bertz CT molecular complexity index is 572. The van der Waals surface area contributed by atoms with Gasteiger partial charge < -0.3 is 15.5 Å². The molecule has 0 bridgehead atoms. The molecule has 1 aliphatic carbocycles. The molecule has 0 aromatic carbocycles. The first-order chi connectivity index (χ1) is 8.91. The molecule has 0 saturated heterocycles. The van der Waals surface area contributed by atoms with Crippen LogP contribution in [0.4, 0.5) is 0 Å². The molecule has 2 rings (SSSR count). The topological polar surface area (TPSA) is 128 Å². The lowest BCUT2D eigenvalue weighted by Crippen LogP contribution is -2.39. The van der Waals surface area contributed by atoms with Crippen molar-refractivity contribution in [3.63, 3.8) is 0 Å². The fourth-order valence-electron chi connectivity index (χ4n) is 2.34. The first-order valence-electron chi connectivity index (χ1n) is 6.05. The molecule has 9 heteroatoms. The molecule has 7 nitrogen and oxygen atoms in total. The summed E-state index contributed by atoms with van der Waals surface area (Å²) < 4.78 is 27.0. The fraction of sp³-hybridized carbons (Fsp3) is 0.545. The van der Waals surface area contributed by atoms with Crippen LogP contribution < -0.4 is 16.2 Å². The molecule has 0 aliphatic heterocycles. The smallest absolute Gasteiger partial charge is 0.287 e. The number of carbonyl (C=O) groups excluding carboxylic acids is 1. The molecule has 1 saturated carbocycles. The highest BCUT2D eigenvalue weighted by Crippen LogP contribution is 2.25. The summed E-state index contributed by atoms with van der Waals surface area (Å²) in [5, 5.41) is 7.30. The van der Waals surface area contributed by atoms with E-state index in [1.807, 2.05) is 0 Å². The average Bonchev–Trinajstić information content (AvgIpc) is 2.95. The van der Waals surface area contributed by atoms with E-state index in [9.17, 15) is 13.2 Å². The van der Waals surface area contributed by atoms with Crippen LogP contribution in [0.15, 0.2) is 21.6 Å². The normalized spacial score (nSPS) is 22.3. The molecule has 2 unspecified atom stereocenters. The minimum Gasteiger partial charge on any atom is -0.438 e. The number of halogens is 1. The third-order valence-corrected chi connectivity index (χ3v) is 4.14. The molecule has 0 spiro atoms. The summed E-state index contributed by atoms with van der Waals surface area (Å²) in [5.41, 5.74) is 5.63. The van der Waals surface area contributed by atoms with Gasteiger partial charge in [0.2, 0.25) is 5.09 Å². The number of hydrogen-bond donors (Lipinski definition) is 3. The monoisotopic (exact) mass is 323 g/mol. The van der Waals surface area contributed by atoms with Crippen LogP contribution >= 0.6 is 12.4 Å². The SMILES string of the molecule is Cl.NCC1CCCC1NC(=O)c1ccc(S(N)(=O)=O)o1. The van der Waals surface area contributed by atoms with Crippen molar-refractivity contribution in [2.24, 2.45) is 16.8 Å². The van der Waals surface area contributed by atoms with Gasteiger partial charge in [0, 0.05) is 6.04 Å². The number of sulfonamides is 1. The quantitative estimate of drug-likeness (QED) is 0.729. The standard InChI is InChI=1S/C11H17N3O4S.ClH/c12-6-7-2-1-3-8(7)14-11(15)9-4-5-10(18-9)19(13,16)17;/h4-5,7-8H,1-3,6,12H2,(H,14,15)(H2,13,16,17);1H. The second-order valence-corrected chi connectivity index (χ2v) is 6.16. The Morgan fingerprint density at radius 3 is 2.65 bits per heavy atom. The predicted molar refractivity (Wildman–Crippen MR) is 75.0 cm³/mol. The Hall–Kier alpha value is -1.09. The maximum atomic E-state index is 11.9. The van der Waals surface area contributed by atoms with Gasteiger partial charge in [-0.2, -0.15) is 0 Å². The van der Waals surface area contributed by atoms with E-state index >= 15 is 0 Å². The van der Waals surface area contributed by atoms with Crippen molar-refractivity contribution in [1.29, 1.82) is 0 Å². The van der Waals surface area contributed by atoms with Crippen molar-refractivity contribution >= 4 is 28.3 Å². The molecule has 1 heterocycles. The fourth-order valence-corrected chi connectivity index (χ4v) is 2.81. The van der Waals surface area contributed by atoms with Gasteiger partial charge in [0.25, 0.3) is 15.9 Å². The van der Waals surface area contributed by atoms with Crippen LogP contribution in [0.25, 0.3) is 0 Å². The zero-order valence-electron chi connectivity index (χ0n) is 10.7. The van der Waals surface area contributed by atoms with Gasteiger partial charge >= 0.3 is 0 Å². The summed E-state index contributed by atoms with van der Waals surface area (Å²) in [7, 11) is -3.92. The van der Waals surface area contributed by atoms with Gasteiger partial charge in [-0.3, -0.25) is 4.79 Å². The second kappa shape index (κ2) is 6.57. The minimum atomic E-state index is -3.92. The Morgan fingerprint density at radius 1 is 1.40 bits per heavy atom. The van der Waals surface area contributed by atoms with Crippen molar-refractivity contribution in [2.45, 2.75) is 30.4 Å². The van der Waals surface area contributed by atoms with E-state index in [4.69, 9.17) is 15.3 Å². The van der Waals surface area contributed by atoms with Crippen LogP contribution in [-0.2, 0) is 10.0 Å². The molecule has 1 fully saturated rings. The number of furan rings is 1. The highest BCUT2D eigenvalue weighted by atomic mass is 35.5. The zero-order valence-corrected chi connectivity index (χ0v) is 12.4. The van der Waals surface area contributed by atoms with E-state index in [1.165, 1.54) is 12.1 Å². The van der Waals surface area contributed by atoms with Crippen molar-refractivity contribution < 1.29 is 17.6 Å². The van der Waals surface area contributed by atoms with Crippen LogP contribution in [0.1, 0.15) is 29.8 Å². The summed E-state index contributed by atoms with van der Waals surface area (Å²) in [4.78, 5) is 11.9. The Balaban J connectivity index is 0.00000200. The zero-order chi connectivity index (χ0) is 14.0. The summed E-state index contributed by atoms with van der Waals surface area (Å²) in [6, 6.07) is 2.47. The predicted octanol–water partition coefficient (Wildman–Crippen LogP) is 0.206. The average molecular weight is 324 g/mol. The largest absolute Gasteiger partial charge is 0.438 e. The molecule has 1 aliphatic rings. The number of amides is 1. The second-order valence-electron chi connectivity index (χ2n) is 4.67. The van der Waals surface area contributed by atoms with Crippen LogP contribution in [-0.4, -0.2) is 26.9 Å². The molecule has 0 radical (unpaired) electrons. The molecule has 1 amide bonds. The van der Waals surface area contributed by atoms with E-state index in [-0.39, 0.29) is 30.1 Å². The Kier molecular flexibility index (Phi) is 5.58. The van der Waals surface area contributed by atoms with E-state index in [0.717, 1.165) is 19.3 Å².